The molecule has 60 heavy (non-hydrogen) atoms. The quantitative estimate of drug-likeness (QED) is 0.0944. The number of benzene rings is 3. The zero-order valence-corrected chi connectivity index (χ0v) is 34.7. The van der Waals surface area contributed by atoms with E-state index in [4.69, 9.17) is 9.84 Å². The van der Waals surface area contributed by atoms with E-state index in [1.54, 1.807) is 36.4 Å². The molecule has 0 aromatic heterocycles. The van der Waals surface area contributed by atoms with Crippen molar-refractivity contribution in [2.24, 2.45) is 5.92 Å². The van der Waals surface area contributed by atoms with Gasteiger partial charge in [-0.1, -0.05) is 115 Å². The van der Waals surface area contributed by atoms with Gasteiger partial charge in [0.15, 0.2) is 5.60 Å². The van der Waals surface area contributed by atoms with Crippen LogP contribution in [0.15, 0.2) is 72.8 Å². The average Bonchev–Trinajstić information content (AvgIpc) is 3.65. The van der Waals surface area contributed by atoms with Crippen LogP contribution in [-0.2, 0) is 32.1 Å². The molecule has 16 heteroatoms. The van der Waals surface area contributed by atoms with Crippen molar-refractivity contribution >= 4 is 11.9 Å². The summed E-state index contributed by atoms with van der Waals surface area (Å²) in [6, 6.07) is 19.4. The molecule has 0 aliphatic heterocycles. The number of hydrogen-bond donors (Lipinski definition) is 3. The van der Waals surface area contributed by atoms with E-state index < -0.39 is 47.9 Å². The zero-order valence-electron chi connectivity index (χ0n) is 34.7. The maximum atomic E-state index is 12.6. The Morgan fingerprint density at radius 1 is 0.667 bits per heavy atom. The molecule has 0 radical (unpaired) electrons. The second-order valence-corrected chi connectivity index (χ2v) is 15.3. The molecule has 3 aromatic rings. The van der Waals surface area contributed by atoms with Crippen molar-refractivity contribution in [2.75, 3.05) is 0 Å². The van der Waals surface area contributed by atoms with Gasteiger partial charge >= 0.3 is 36.1 Å². The van der Waals surface area contributed by atoms with Crippen molar-refractivity contribution in [2.45, 2.75) is 147 Å². The Balaban J connectivity index is 0.000000315. The first kappa shape index (κ1) is 52.0. The molecule has 1 aliphatic rings. The van der Waals surface area contributed by atoms with Crippen molar-refractivity contribution in [1.29, 1.82) is 0 Å². The molecule has 7 nitrogen and oxygen atoms in total. The molecule has 0 spiro atoms. The SMILES string of the molecule is CCC(C)C(=O)Oc1ccc(C2(O)CCCC2)cc1.CCC(C)c1ccc(C(C)(O)C(F)(F)F)cc1.CCC(C)c1ccc(COC(=O)C(O)(C(F)(F)F)C(F)(F)F)cc1. The highest BCUT2D eigenvalue weighted by atomic mass is 19.4. The van der Waals surface area contributed by atoms with Crippen molar-refractivity contribution < 1.29 is 73.9 Å². The van der Waals surface area contributed by atoms with Crippen LogP contribution in [0.25, 0.3) is 0 Å². The largest absolute Gasteiger partial charge is 0.458 e. The van der Waals surface area contributed by atoms with Crippen LogP contribution in [-0.4, -0.2) is 51.4 Å². The number of carbonyl (C=O) groups is 2. The van der Waals surface area contributed by atoms with Gasteiger partial charge in [0.05, 0.1) is 11.5 Å². The van der Waals surface area contributed by atoms with Crippen LogP contribution >= 0.6 is 0 Å². The summed E-state index contributed by atoms with van der Waals surface area (Å²) in [4.78, 5) is 22.9. The standard InChI is InChI=1S/C16H22O3.C15H16F6O3.C13H17F3O/c1-3-12(2)15(17)19-14-8-6-13(7-9-14)16(18)10-4-5-11-16;1-3-9(2)11-6-4-10(5-7-11)8-24-12(22)13(23,14(16,17)18)15(19,20)21;1-4-9(2)10-5-7-11(8-6-10)12(3,17)13(14,15)16/h6-9,12,18H,3-5,10-11H2,1-2H3;4-7,9,23H,3,8H2,1-2H3;5-9,17H,4H2,1-3H3. The lowest BCUT2D eigenvalue weighted by molar-refractivity contribution is -0.357. The van der Waals surface area contributed by atoms with E-state index in [2.05, 4.69) is 4.74 Å². The van der Waals surface area contributed by atoms with Crippen molar-refractivity contribution in [3.05, 3.63) is 101 Å². The minimum atomic E-state index is -6.25. The normalized spacial score (nSPS) is 16.8. The molecular formula is C44H55F9O7. The van der Waals surface area contributed by atoms with Gasteiger partial charge in [-0.25, -0.2) is 4.79 Å². The molecular weight excluding hydrogens is 811 g/mol. The van der Waals surface area contributed by atoms with Gasteiger partial charge in [-0.15, -0.1) is 0 Å². The van der Waals surface area contributed by atoms with Crippen LogP contribution in [0, 0.1) is 5.92 Å². The van der Waals surface area contributed by atoms with E-state index in [0.717, 1.165) is 68.6 Å². The molecule has 4 unspecified atom stereocenters. The molecule has 4 rings (SSSR count). The number of hydrogen-bond acceptors (Lipinski definition) is 7. The third-order valence-corrected chi connectivity index (χ3v) is 10.9. The summed E-state index contributed by atoms with van der Waals surface area (Å²) in [6.45, 7) is 11.7. The monoisotopic (exact) mass is 866 g/mol. The fourth-order valence-electron chi connectivity index (χ4n) is 5.82. The number of esters is 2. The van der Waals surface area contributed by atoms with E-state index >= 15 is 0 Å². The van der Waals surface area contributed by atoms with Gasteiger partial charge in [0.1, 0.15) is 12.4 Å². The van der Waals surface area contributed by atoms with E-state index in [-0.39, 0.29) is 28.9 Å². The van der Waals surface area contributed by atoms with Crippen LogP contribution in [0.1, 0.15) is 133 Å². The molecule has 3 aromatic carbocycles. The Bertz CT molecular complexity index is 1770. The third kappa shape index (κ3) is 13.2. The number of halogens is 9. The number of aliphatic hydroxyl groups is 3. The third-order valence-electron chi connectivity index (χ3n) is 10.9. The van der Waals surface area contributed by atoms with Crippen LogP contribution in [0.3, 0.4) is 0 Å². The Labute approximate surface area is 344 Å². The lowest BCUT2D eigenvalue weighted by Crippen LogP contribution is -2.62. The van der Waals surface area contributed by atoms with Gasteiger partial charge in [-0.05, 0) is 90.8 Å². The summed E-state index contributed by atoms with van der Waals surface area (Å²) < 4.78 is 122. The van der Waals surface area contributed by atoms with E-state index in [1.807, 2.05) is 53.7 Å². The molecule has 0 saturated heterocycles. The van der Waals surface area contributed by atoms with Crippen molar-refractivity contribution in [1.82, 2.24) is 0 Å². The Morgan fingerprint density at radius 2 is 1.10 bits per heavy atom. The maximum absolute atomic E-state index is 12.6. The van der Waals surface area contributed by atoms with Crippen LogP contribution < -0.4 is 4.74 Å². The molecule has 0 heterocycles. The summed E-state index contributed by atoms with van der Waals surface area (Å²) in [5.41, 5.74) is -6.13. The molecule has 4 atom stereocenters. The van der Waals surface area contributed by atoms with Gasteiger partial charge in [-0.3, -0.25) is 4.79 Å². The molecule has 1 saturated carbocycles. The van der Waals surface area contributed by atoms with Crippen molar-refractivity contribution in [3.63, 3.8) is 0 Å². The van der Waals surface area contributed by atoms with E-state index in [0.29, 0.717) is 11.7 Å². The topological polar surface area (TPSA) is 113 Å². The van der Waals surface area contributed by atoms with Crippen LogP contribution in [0.4, 0.5) is 39.5 Å². The highest BCUT2D eigenvalue weighted by molar-refractivity contribution is 5.81. The van der Waals surface area contributed by atoms with Gasteiger partial charge in [0.25, 0.3) is 0 Å². The van der Waals surface area contributed by atoms with E-state index in [9.17, 15) is 59.3 Å². The summed E-state index contributed by atoms with van der Waals surface area (Å²) in [7, 11) is 0. The average molecular weight is 867 g/mol. The highest BCUT2D eigenvalue weighted by Crippen LogP contribution is 2.44. The smallest absolute Gasteiger partial charge is 0.437 e. The minimum absolute atomic E-state index is 0.0845. The summed E-state index contributed by atoms with van der Waals surface area (Å²) >= 11 is 0. The van der Waals surface area contributed by atoms with Crippen molar-refractivity contribution in [3.8, 4) is 5.75 Å². The first-order valence-corrected chi connectivity index (χ1v) is 19.6. The second kappa shape index (κ2) is 21.1. The van der Waals surface area contributed by atoms with Gasteiger partial charge in [0.2, 0.25) is 0 Å². The Morgan fingerprint density at radius 3 is 1.48 bits per heavy atom. The fraction of sp³-hybridized carbons (Fsp3) is 0.545. The highest BCUT2D eigenvalue weighted by Gasteiger charge is 2.76. The van der Waals surface area contributed by atoms with Gasteiger partial charge in [-0.2, -0.15) is 39.5 Å². The first-order chi connectivity index (χ1) is 27.6. The Hall–Kier alpha value is -4.15. The van der Waals surface area contributed by atoms with Gasteiger partial charge in [0, 0.05) is 0 Å². The number of ether oxygens (including phenoxy) is 2. The number of rotatable bonds is 12. The van der Waals surface area contributed by atoms with E-state index in [1.165, 1.54) is 24.3 Å². The summed E-state index contributed by atoms with van der Waals surface area (Å²) in [5, 5.41) is 28.8. The molecule has 1 fully saturated rings. The zero-order chi connectivity index (χ0) is 45.9. The maximum Gasteiger partial charge on any atom is 0.437 e. The number of alkyl halides is 9. The fourth-order valence-corrected chi connectivity index (χ4v) is 5.82. The Kier molecular flexibility index (Phi) is 18.3. The number of carbonyl (C=O) groups excluding carboxylic acids is 2. The van der Waals surface area contributed by atoms with Crippen LogP contribution in [0.2, 0.25) is 0 Å². The summed E-state index contributed by atoms with van der Waals surface area (Å²) in [6.07, 6.45) is -10.8. The molecule has 0 bridgehead atoms. The lowest BCUT2D eigenvalue weighted by atomic mass is 9.91. The van der Waals surface area contributed by atoms with Gasteiger partial charge < -0.3 is 24.8 Å². The molecule has 0 amide bonds. The molecule has 336 valence electrons. The predicted octanol–water partition coefficient (Wildman–Crippen LogP) is 11.5. The summed E-state index contributed by atoms with van der Waals surface area (Å²) in [5.74, 6) is -2.01. The predicted molar refractivity (Wildman–Crippen MR) is 207 cm³/mol. The molecule has 1 aliphatic carbocycles. The molecule has 3 N–H and O–H groups in total. The van der Waals surface area contributed by atoms with Crippen LogP contribution in [0.5, 0.6) is 5.75 Å². The minimum Gasteiger partial charge on any atom is -0.458 e. The lowest BCUT2D eigenvalue weighted by Gasteiger charge is -2.29. The second-order valence-electron chi connectivity index (χ2n) is 15.3. The first-order valence-electron chi connectivity index (χ1n) is 19.6.